The van der Waals surface area contributed by atoms with Gasteiger partial charge in [-0.2, -0.15) is 0 Å². The van der Waals surface area contributed by atoms with Crippen LogP contribution in [0.15, 0.2) is 41.8 Å². The van der Waals surface area contributed by atoms with Crippen LogP contribution in [0.1, 0.15) is 0 Å². The highest BCUT2D eigenvalue weighted by Crippen LogP contribution is 2.15. The molecule has 1 aromatic rings. The average molecular weight is 269 g/mol. The first-order valence-corrected chi connectivity index (χ1v) is 6.48. The van der Waals surface area contributed by atoms with Gasteiger partial charge in [0.2, 0.25) is 5.91 Å². The van der Waals surface area contributed by atoms with Gasteiger partial charge in [0.25, 0.3) is 0 Å². The van der Waals surface area contributed by atoms with Crippen LogP contribution < -0.4 is 5.32 Å². The van der Waals surface area contributed by atoms with Gasteiger partial charge in [-0.05, 0) is 30.3 Å². The van der Waals surface area contributed by atoms with Gasteiger partial charge >= 0.3 is 5.97 Å². The quantitative estimate of drug-likeness (QED) is 0.765. The Morgan fingerprint density at radius 3 is 2.28 bits per heavy atom. The highest BCUT2D eigenvalue weighted by atomic mass is 32.2. The summed E-state index contributed by atoms with van der Waals surface area (Å²) in [5, 5.41) is 10.9. The number of carbonyl (C=O) groups excluding carboxylic acids is 1. The standard InChI is InChI=1S/C11H11NO5S/c1-2-10(13)12-8-3-5-9(6-4-8)18(16,17)7-11(14)15/h2-6H,1,7H2,(H,12,13)(H,14,15). The van der Waals surface area contributed by atoms with Gasteiger partial charge in [-0.3, -0.25) is 9.59 Å². The van der Waals surface area contributed by atoms with Crippen molar-refractivity contribution in [1.29, 1.82) is 0 Å². The molecule has 0 radical (unpaired) electrons. The minimum absolute atomic E-state index is 0.110. The molecule has 0 atom stereocenters. The smallest absolute Gasteiger partial charge is 0.319 e. The van der Waals surface area contributed by atoms with Gasteiger partial charge in [-0.25, -0.2) is 8.42 Å². The van der Waals surface area contributed by atoms with E-state index in [-0.39, 0.29) is 4.90 Å². The topological polar surface area (TPSA) is 101 Å². The molecule has 0 aromatic heterocycles. The molecule has 0 fully saturated rings. The third kappa shape index (κ3) is 3.70. The first-order valence-electron chi connectivity index (χ1n) is 4.83. The van der Waals surface area contributed by atoms with E-state index in [1.54, 1.807) is 0 Å². The monoisotopic (exact) mass is 269 g/mol. The van der Waals surface area contributed by atoms with Gasteiger partial charge in [0.1, 0.15) is 0 Å². The molecule has 0 aliphatic carbocycles. The number of sulfone groups is 1. The first-order chi connectivity index (χ1) is 8.35. The number of amides is 1. The van der Waals surface area contributed by atoms with E-state index in [0.29, 0.717) is 5.69 Å². The first kappa shape index (κ1) is 13.9. The van der Waals surface area contributed by atoms with E-state index in [9.17, 15) is 18.0 Å². The molecule has 0 aliphatic rings. The molecule has 0 heterocycles. The molecule has 0 saturated carbocycles. The van der Waals surface area contributed by atoms with E-state index in [0.717, 1.165) is 6.08 Å². The number of anilines is 1. The fourth-order valence-electron chi connectivity index (χ4n) is 1.18. The summed E-state index contributed by atoms with van der Waals surface area (Å²) < 4.78 is 23.1. The highest BCUT2D eigenvalue weighted by Gasteiger charge is 2.18. The summed E-state index contributed by atoms with van der Waals surface area (Å²) in [6.07, 6.45) is 1.08. The van der Waals surface area contributed by atoms with Gasteiger partial charge in [-0.1, -0.05) is 6.58 Å². The van der Waals surface area contributed by atoms with Crippen molar-refractivity contribution in [2.45, 2.75) is 4.90 Å². The predicted octanol–water partition coefficient (Wildman–Crippen LogP) is 0.669. The van der Waals surface area contributed by atoms with Crippen molar-refractivity contribution in [3.63, 3.8) is 0 Å². The van der Waals surface area contributed by atoms with Gasteiger partial charge < -0.3 is 10.4 Å². The largest absolute Gasteiger partial charge is 0.480 e. The van der Waals surface area contributed by atoms with Crippen molar-refractivity contribution in [2.24, 2.45) is 0 Å². The van der Waals surface area contributed by atoms with Gasteiger partial charge in [0, 0.05) is 5.69 Å². The Bertz CT molecular complexity index is 574. The number of benzene rings is 1. The zero-order chi connectivity index (χ0) is 13.8. The maximum absolute atomic E-state index is 11.5. The Hall–Kier alpha value is -2.15. The lowest BCUT2D eigenvalue weighted by Gasteiger charge is -2.04. The Kier molecular flexibility index (Phi) is 4.22. The van der Waals surface area contributed by atoms with Crippen LogP contribution in [0.4, 0.5) is 5.69 Å². The van der Waals surface area contributed by atoms with Gasteiger partial charge in [0.15, 0.2) is 15.6 Å². The van der Waals surface area contributed by atoms with Crippen LogP contribution >= 0.6 is 0 Å². The molecule has 6 nitrogen and oxygen atoms in total. The molecule has 1 rings (SSSR count). The van der Waals surface area contributed by atoms with E-state index in [4.69, 9.17) is 5.11 Å². The van der Waals surface area contributed by atoms with Crippen molar-refractivity contribution < 1.29 is 23.1 Å². The third-order valence-electron chi connectivity index (χ3n) is 1.98. The van der Waals surface area contributed by atoms with Crippen LogP contribution in [0.3, 0.4) is 0 Å². The van der Waals surface area contributed by atoms with E-state index in [1.165, 1.54) is 24.3 Å². The number of aliphatic carboxylic acids is 1. The van der Waals surface area contributed by atoms with Crippen molar-refractivity contribution in [3.05, 3.63) is 36.9 Å². The second kappa shape index (κ2) is 5.46. The zero-order valence-corrected chi connectivity index (χ0v) is 10.1. The number of carboxylic acids is 1. The number of nitrogens with one attached hydrogen (secondary N) is 1. The molecule has 0 bridgehead atoms. The summed E-state index contributed by atoms with van der Waals surface area (Å²) >= 11 is 0. The minimum Gasteiger partial charge on any atom is -0.480 e. The molecule has 7 heteroatoms. The molecule has 0 aliphatic heterocycles. The second-order valence-electron chi connectivity index (χ2n) is 3.37. The SMILES string of the molecule is C=CC(=O)Nc1ccc(S(=O)(=O)CC(=O)O)cc1. The molecule has 96 valence electrons. The van der Waals surface area contributed by atoms with E-state index < -0.39 is 27.5 Å². The van der Waals surface area contributed by atoms with Crippen LogP contribution in [0.25, 0.3) is 0 Å². The van der Waals surface area contributed by atoms with Gasteiger partial charge in [-0.15, -0.1) is 0 Å². The van der Waals surface area contributed by atoms with Gasteiger partial charge in [0.05, 0.1) is 4.90 Å². The third-order valence-corrected chi connectivity index (χ3v) is 3.60. The summed E-state index contributed by atoms with van der Waals surface area (Å²) in [5.74, 6) is -2.80. The summed E-state index contributed by atoms with van der Waals surface area (Å²) in [6.45, 7) is 3.27. The zero-order valence-electron chi connectivity index (χ0n) is 9.29. The van der Waals surface area contributed by atoms with Crippen LogP contribution in [-0.4, -0.2) is 31.2 Å². The van der Waals surface area contributed by atoms with Crippen molar-refractivity contribution >= 4 is 27.4 Å². The Morgan fingerprint density at radius 2 is 1.83 bits per heavy atom. The number of hydrogen-bond donors (Lipinski definition) is 2. The molecule has 0 unspecified atom stereocenters. The number of hydrogen-bond acceptors (Lipinski definition) is 4. The second-order valence-corrected chi connectivity index (χ2v) is 5.36. The normalized spacial score (nSPS) is 10.7. The lowest BCUT2D eigenvalue weighted by Crippen LogP contribution is -2.15. The lowest BCUT2D eigenvalue weighted by molar-refractivity contribution is -0.134. The van der Waals surface area contributed by atoms with Crippen molar-refractivity contribution in [2.75, 3.05) is 11.1 Å². The van der Waals surface area contributed by atoms with Crippen LogP contribution in [0.5, 0.6) is 0 Å². The van der Waals surface area contributed by atoms with Crippen LogP contribution in [0.2, 0.25) is 0 Å². The molecular formula is C11H11NO5S. The number of carbonyl (C=O) groups is 2. The van der Waals surface area contributed by atoms with E-state index in [2.05, 4.69) is 11.9 Å². The molecule has 0 spiro atoms. The van der Waals surface area contributed by atoms with Crippen molar-refractivity contribution in [3.8, 4) is 0 Å². The molecule has 0 saturated heterocycles. The van der Waals surface area contributed by atoms with Crippen molar-refractivity contribution in [1.82, 2.24) is 0 Å². The van der Waals surface area contributed by atoms with Crippen LogP contribution in [0, 0.1) is 0 Å². The maximum Gasteiger partial charge on any atom is 0.319 e. The predicted molar refractivity (Wildman–Crippen MR) is 65.0 cm³/mol. The summed E-state index contributed by atoms with van der Waals surface area (Å²) in [5.41, 5.74) is 0.397. The lowest BCUT2D eigenvalue weighted by atomic mass is 10.3. The Morgan fingerprint density at radius 1 is 1.28 bits per heavy atom. The maximum atomic E-state index is 11.5. The summed E-state index contributed by atoms with van der Waals surface area (Å²) in [6, 6.07) is 5.21. The Balaban J connectivity index is 2.92. The minimum atomic E-state index is -3.84. The summed E-state index contributed by atoms with van der Waals surface area (Å²) in [4.78, 5) is 21.3. The van der Waals surface area contributed by atoms with E-state index in [1.807, 2.05) is 0 Å². The fraction of sp³-hybridized carbons (Fsp3) is 0.0909. The number of rotatable bonds is 5. The van der Waals surface area contributed by atoms with Crippen LogP contribution in [-0.2, 0) is 19.4 Å². The Labute approximate surface area is 104 Å². The molecule has 18 heavy (non-hydrogen) atoms. The fourth-order valence-corrected chi connectivity index (χ4v) is 2.23. The number of carboxylic acid groups (broad SMARTS) is 1. The molecule has 1 amide bonds. The summed E-state index contributed by atoms with van der Waals surface area (Å²) in [7, 11) is -3.84. The van der Waals surface area contributed by atoms with E-state index >= 15 is 0 Å². The highest BCUT2D eigenvalue weighted by molar-refractivity contribution is 7.92. The average Bonchev–Trinajstić information content (AvgIpc) is 2.28. The molecule has 2 N–H and O–H groups in total. The molecule has 1 aromatic carbocycles. The molecular weight excluding hydrogens is 258 g/mol.